The summed E-state index contributed by atoms with van der Waals surface area (Å²) in [5.41, 5.74) is 1.25. The first kappa shape index (κ1) is 9.99. The number of hydrogen-bond acceptors (Lipinski definition) is 2. The molecule has 1 aliphatic carbocycles. The van der Waals surface area contributed by atoms with Crippen LogP contribution in [-0.4, -0.2) is 18.8 Å². The molecular weight excluding hydrogens is 244 g/mol. The van der Waals surface area contributed by atoms with E-state index in [1.54, 1.807) is 7.11 Å². The molecular formula is C11H13BrO2. The van der Waals surface area contributed by atoms with Gasteiger partial charge in [0.2, 0.25) is 0 Å². The average Bonchev–Trinajstić information content (AvgIpc) is 2.98. The lowest BCUT2D eigenvalue weighted by Crippen LogP contribution is -1.91. The molecule has 2 unspecified atom stereocenters. The molecule has 1 N–H and O–H groups in total. The fourth-order valence-corrected chi connectivity index (χ4v) is 2.30. The molecule has 2 rings (SSSR count). The second-order valence-electron chi connectivity index (χ2n) is 3.67. The molecule has 14 heavy (non-hydrogen) atoms. The van der Waals surface area contributed by atoms with Crippen LogP contribution < -0.4 is 4.74 Å². The number of aliphatic hydroxyl groups excluding tert-OH is 1. The number of halogens is 1. The highest BCUT2D eigenvalue weighted by molar-refractivity contribution is 9.10. The second-order valence-corrected chi connectivity index (χ2v) is 4.53. The Morgan fingerprint density at radius 3 is 2.93 bits per heavy atom. The third-order valence-electron chi connectivity index (χ3n) is 2.76. The molecule has 2 atom stereocenters. The zero-order valence-corrected chi connectivity index (χ0v) is 9.62. The lowest BCUT2D eigenvalue weighted by atomic mass is 10.1. The molecule has 1 aliphatic rings. The summed E-state index contributed by atoms with van der Waals surface area (Å²) in [4.78, 5) is 0. The maximum absolute atomic E-state index is 9.01. The van der Waals surface area contributed by atoms with Crippen molar-refractivity contribution >= 4 is 15.9 Å². The third-order valence-corrected chi connectivity index (χ3v) is 3.48. The van der Waals surface area contributed by atoms with Gasteiger partial charge >= 0.3 is 0 Å². The number of rotatable bonds is 3. The monoisotopic (exact) mass is 256 g/mol. The first-order valence-corrected chi connectivity index (χ1v) is 5.50. The first-order chi connectivity index (χ1) is 6.76. The number of hydrogen-bond donors (Lipinski definition) is 1. The van der Waals surface area contributed by atoms with Crippen molar-refractivity contribution in [3.05, 3.63) is 28.2 Å². The molecule has 3 heteroatoms. The van der Waals surface area contributed by atoms with E-state index in [4.69, 9.17) is 9.84 Å². The summed E-state index contributed by atoms with van der Waals surface area (Å²) in [6, 6.07) is 5.98. The molecule has 1 saturated carbocycles. The zero-order valence-electron chi connectivity index (χ0n) is 8.03. The Bertz CT molecular complexity index is 338. The van der Waals surface area contributed by atoms with Gasteiger partial charge in [0.1, 0.15) is 5.75 Å². The molecule has 1 aromatic carbocycles. The smallest absolute Gasteiger partial charge is 0.119 e. The highest BCUT2D eigenvalue weighted by atomic mass is 79.9. The van der Waals surface area contributed by atoms with Crippen LogP contribution in [-0.2, 0) is 0 Å². The summed E-state index contributed by atoms with van der Waals surface area (Å²) in [5.74, 6) is 1.83. The normalized spacial score (nSPS) is 24.8. The third kappa shape index (κ3) is 1.79. The van der Waals surface area contributed by atoms with Gasteiger partial charge in [0.15, 0.2) is 0 Å². The standard InChI is InChI=1S/C11H13BrO2/c1-14-8-2-3-11(12)10(5-8)9-4-7(9)6-13/h2-3,5,7,9,13H,4,6H2,1H3. The summed E-state index contributed by atoms with van der Waals surface area (Å²) in [6.45, 7) is 0.286. The maximum atomic E-state index is 9.01. The molecule has 0 saturated heterocycles. The zero-order chi connectivity index (χ0) is 10.1. The molecule has 0 amide bonds. The Hall–Kier alpha value is -0.540. The van der Waals surface area contributed by atoms with E-state index in [-0.39, 0.29) is 6.61 Å². The van der Waals surface area contributed by atoms with E-state index in [2.05, 4.69) is 15.9 Å². The van der Waals surface area contributed by atoms with Gasteiger partial charge in [-0.05, 0) is 42.0 Å². The highest BCUT2D eigenvalue weighted by Crippen LogP contribution is 2.49. The van der Waals surface area contributed by atoms with Crippen LogP contribution in [0.2, 0.25) is 0 Å². The summed E-state index contributed by atoms with van der Waals surface area (Å²) >= 11 is 3.52. The van der Waals surface area contributed by atoms with Gasteiger partial charge in [0.05, 0.1) is 7.11 Å². The molecule has 0 aromatic heterocycles. The van der Waals surface area contributed by atoms with Crippen molar-refractivity contribution in [3.63, 3.8) is 0 Å². The van der Waals surface area contributed by atoms with Crippen molar-refractivity contribution in [1.82, 2.24) is 0 Å². The molecule has 0 bridgehead atoms. The lowest BCUT2D eigenvalue weighted by Gasteiger charge is -2.06. The predicted octanol–water partition coefficient (Wildman–Crippen LogP) is 2.55. The van der Waals surface area contributed by atoms with Crippen LogP contribution in [0.5, 0.6) is 5.75 Å². The fourth-order valence-electron chi connectivity index (χ4n) is 1.76. The van der Waals surface area contributed by atoms with E-state index in [0.29, 0.717) is 11.8 Å². The number of methoxy groups -OCH3 is 1. The Morgan fingerprint density at radius 2 is 2.36 bits per heavy atom. The molecule has 1 fully saturated rings. The van der Waals surface area contributed by atoms with E-state index in [9.17, 15) is 0 Å². The van der Waals surface area contributed by atoms with E-state index in [0.717, 1.165) is 16.6 Å². The van der Waals surface area contributed by atoms with E-state index in [1.807, 2.05) is 18.2 Å². The number of benzene rings is 1. The second kappa shape index (κ2) is 3.91. The van der Waals surface area contributed by atoms with Gasteiger partial charge in [-0.25, -0.2) is 0 Å². The summed E-state index contributed by atoms with van der Waals surface area (Å²) in [6.07, 6.45) is 1.09. The van der Waals surface area contributed by atoms with Crippen molar-refractivity contribution in [2.24, 2.45) is 5.92 Å². The maximum Gasteiger partial charge on any atom is 0.119 e. The number of ether oxygens (including phenoxy) is 1. The van der Waals surface area contributed by atoms with Crippen molar-refractivity contribution in [2.45, 2.75) is 12.3 Å². The minimum atomic E-state index is 0.286. The Kier molecular flexibility index (Phi) is 2.79. The minimum Gasteiger partial charge on any atom is -0.497 e. The van der Waals surface area contributed by atoms with Crippen LogP contribution in [0.15, 0.2) is 22.7 Å². The van der Waals surface area contributed by atoms with Gasteiger partial charge in [-0.2, -0.15) is 0 Å². The van der Waals surface area contributed by atoms with E-state index in [1.165, 1.54) is 5.56 Å². The quantitative estimate of drug-likeness (QED) is 0.901. The Morgan fingerprint density at radius 1 is 1.57 bits per heavy atom. The lowest BCUT2D eigenvalue weighted by molar-refractivity contribution is 0.274. The van der Waals surface area contributed by atoms with Crippen LogP contribution in [0, 0.1) is 5.92 Å². The van der Waals surface area contributed by atoms with Gasteiger partial charge in [-0.1, -0.05) is 15.9 Å². The largest absolute Gasteiger partial charge is 0.497 e. The number of aliphatic hydroxyl groups is 1. The van der Waals surface area contributed by atoms with Crippen molar-refractivity contribution in [3.8, 4) is 5.75 Å². The van der Waals surface area contributed by atoms with E-state index < -0.39 is 0 Å². The van der Waals surface area contributed by atoms with Crippen LogP contribution in [0.1, 0.15) is 17.9 Å². The fraction of sp³-hybridized carbons (Fsp3) is 0.455. The van der Waals surface area contributed by atoms with Crippen LogP contribution >= 0.6 is 15.9 Å². The first-order valence-electron chi connectivity index (χ1n) is 4.70. The van der Waals surface area contributed by atoms with Gasteiger partial charge < -0.3 is 9.84 Å². The molecule has 0 radical (unpaired) electrons. The van der Waals surface area contributed by atoms with Gasteiger partial charge in [-0.3, -0.25) is 0 Å². The minimum absolute atomic E-state index is 0.286. The molecule has 0 spiro atoms. The predicted molar refractivity (Wildman–Crippen MR) is 58.6 cm³/mol. The van der Waals surface area contributed by atoms with Gasteiger partial charge in [-0.15, -0.1) is 0 Å². The molecule has 1 aromatic rings. The van der Waals surface area contributed by atoms with Crippen molar-refractivity contribution in [1.29, 1.82) is 0 Å². The van der Waals surface area contributed by atoms with Gasteiger partial charge in [0.25, 0.3) is 0 Å². The van der Waals surface area contributed by atoms with Crippen LogP contribution in [0.4, 0.5) is 0 Å². The Labute approximate surface area is 92.0 Å². The molecule has 2 nitrogen and oxygen atoms in total. The highest BCUT2D eigenvalue weighted by Gasteiger charge is 2.38. The Balaban J connectivity index is 2.24. The SMILES string of the molecule is COc1ccc(Br)c(C2CC2CO)c1. The van der Waals surface area contributed by atoms with Crippen molar-refractivity contribution < 1.29 is 9.84 Å². The summed E-state index contributed by atoms with van der Waals surface area (Å²) < 4.78 is 6.28. The topological polar surface area (TPSA) is 29.5 Å². The summed E-state index contributed by atoms with van der Waals surface area (Å²) in [7, 11) is 1.67. The van der Waals surface area contributed by atoms with E-state index >= 15 is 0 Å². The van der Waals surface area contributed by atoms with Gasteiger partial charge in [0, 0.05) is 11.1 Å². The molecule has 0 aliphatic heterocycles. The van der Waals surface area contributed by atoms with Crippen LogP contribution in [0.25, 0.3) is 0 Å². The molecule has 0 heterocycles. The average molecular weight is 257 g/mol. The summed E-state index contributed by atoms with van der Waals surface area (Å²) in [5, 5.41) is 9.01. The van der Waals surface area contributed by atoms with Crippen molar-refractivity contribution in [2.75, 3.05) is 13.7 Å². The van der Waals surface area contributed by atoms with Crippen LogP contribution in [0.3, 0.4) is 0 Å². The molecule has 76 valence electrons.